The molecule has 5 nitrogen and oxygen atoms in total. The molecule has 43 heavy (non-hydrogen) atoms. The summed E-state index contributed by atoms with van der Waals surface area (Å²) in [7, 11) is -3.81. The molecule has 0 bridgehead atoms. The number of carbonyl (C=O) groups is 1. The second-order valence-electron chi connectivity index (χ2n) is 10.5. The number of hydrogen-bond donors (Lipinski definition) is 0. The van der Waals surface area contributed by atoms with E-state index in [9.17, 15) is 13.2 Å². The van der Waals surface area contributed by atoms with Gasteiger partial charge in [-0.2, -0.15) is 0 Å². The number of ether oxygens (including phenoxy) is 1. The van der Waals surface area contributed by atoms with Crippen LogP contribution in [0.4, 0.5) is 0 Å². The Kier molecular flexibility index (Phi) is 5.61. The highest BCUT2D eigenvalue weighted by molar-refractivity contribution is 7.91. The zero-order valence-corrected chi connectivity index (χ0v) is 23.6. The van der Waals surface area contributed by atoms with Gasteiger partial charge in [0.15, 0.2) is 11.5 Å². The molecule has 0 saturated heterocycles. The first-order valence-corrected chi connectivity index (χ1v) is 15.4. The molecule has 0 spiro atoms. The van der Waals surface area contributed by atoms with Crippen LogP contribution in [0.3, 0.4) is 0 Å². The predicted molar refractivity (Wildman–Crippen MR) is 168 cm³/mol. The lowest BCUT2D eigenvalue weighted by atomic mass is 9.97. The van der Waals surface area contributed by atoms with Crippen molar-refractivity contribution in [2.45, 2.75) is 9.79 Å². The summed E-state index contributed by atoms with van der Waals surface area (Å²) >= 11 is 0. The molecule has 0 fully saturated rings. The maximum Gasteiger partial charge on any atom is 0.208 e. The molecule has 6 aromatic carbocycles. The fourth-order valence-electron chi connectivity index (χ4n) is 6.08. The molecule has 1 aliphatic heterocycles. The lowest BCUT2D eigenvalue weighted by molar-refractivity contribution is 0.103. The van der Waals surface area contributed by atoms with Crippen LogP contribution >= 0.6 is 0 Å². The van der Waals surface area contributed by atoms with Gasteiger partial charge >= 0.3 is 0 Å². The fourth-order valence-corrected chi connectivity index (χ4v) is 7.72. The normalized spacial score (nSPS) is 13.5. The lowest BCUT2D eigenvalue weighted by Crippen LogP contribution is -2.20. The summed E-state index contributed by atoms with van der Waals surface area (Å²) in [5.41, 5.74) is 4.81. The first kappa shape index (κ1) is 25.3. The van der Waals surface area contributed by atoms with Gasteiger partial charge in [-0.3, -0.25) is 4.79 Å². The number of sulfone groups is 1. The van der Waals surface area contributed by atoms with Gasteiger partial charge in [0.2, 0.25) is 9.84 Å². The van der Waals surface area contributed by atoms with E-state index in [2.05, 4.69) is 28.8 Å². The minimum absolute atomic E-state index is 0.0232. The Bertz CT molecular complexity index is 2320. The fraction of sp³-hybridized carbons (Fsp3) is 0. The van der Waals surface area contributed by atoms with E-state index in [0.29, 0.717) is 17.1 Å². The molecular formula is C37H23NO4S. The maximum absolute atomic E-state index is 13.4. The molecule has 0 N–H and O–H groups in total. The maximum atomic E-state index is 13.4. The Labute approximate surface area is 248 Å². The van der Waals surface area contributed by atoms with Gasteiger partial charge < -0.3 is 9.30 Å². The van der Waals surface area contributed by atoms with Crippen LogP contribution in [0, 0.1) is 0 Å². The molecule has 7 aromatic rings. The van der Waals surface area contributed by atoms with E-state index >= 15 is 0 Å². The Morgan fingerprint density at radius 2 is 1.07 bits per heavy atom. The van der Waals surface area contributed by atoms with Gasteiger partial charge in [-0.15, -0.1) is 0 Å². The van der Waals surface area contributed by atoms with Crippen LogP contribution in [0.5, 0.6) is 11.5 Å². The smallest absolute Gasteiger partial charge is 0.208 e. The van der Waals surface area contributed by atoms with Crippen LogP contribution in [-0.2, 0) is 9.84 Å². The number of para-hydroxylation sites is 5. The standard InChI is InChI=1S/C37H23NO4S/c39-37-28-14-4-10-20-35(28)43(40,41)36-22-21-24(23-29(36)37)25-11-3-8-18-33(25)42-34-19-9-7-17-32(34)38-30-15-5-1-12-26(30)27-13-2-6-16-31(27)38/h1-23H. The molecule has 0 aliphatic carbocycles. The largest absolute Gasteiger partial charge is 0.455 e. The van der Waals surface area contributed by atoms with Crippen LogP contribution in [0.1, 0.15) is 15.9 Å². The summed E-state index contributed by atoms with van der Waals surface area (Å²) in [4.78, 5) is 13.5. The van der Waals surface area contributed by atoms with Crippen molar-refractivity contribution in [1.82, 2.24) is 4.57 Å². The van der Waals surface area contributed by atoms with Crippen LogP contribution in [0.15, 0.2) is 149 Å². The summed E-state index contributed by atoms with van der Waals surface area (Å²) in [6, 6.07) is 43.4. The Hall–Kier alpha value is -5.46. The number of aromatic nitrogens is 1. The molecule has 2 heterocycles. The van der Waals surface area contributed by atoms with Crippen molar-refractivity contribution in [2.24, 2.45) is 0 Å². The predicted octanol–water partition coefficient (Wildman–Crippen LogP) is 8.62. The Balaban J connectivity index is 1.26. The molecule has 0 saturated carbocycles. The Morgan fingerprint density at radius 3 is 1.81 bits per heavy atom. The van der Waals surface area contributed by atoms with Gasteiger partial charge in [0.1, 0.15) is 5.75 Å². The van der Waals surface area contributed by atoms with E-state index in [1.54, 1.807) is 30.3 Å². The topological polar surface area (TPSA) is 65.4 Å². The number of fused-ring (bicyclic) bond motifs is 5. The highest BCUT2D eigenvalue weighted by Crippen LogP contribution is 2.41. The van der Waals surface area contributed by atoms with Gasteiger partial charge in [-0.25, -0.2) is 8.42 Å². The number of ketones is 1. The van der Waals surface area contributed by atoms with E-state index in [0.717, 1.165) is 33.1 Å². The van der Waals surface area contributed by atoms with Gasteiger partial charge in [-0.1, -0.05) is 84.9 Å². The third kappa shape index (κ3) is 3.84. The minimum Gasteiger partial charge on any atom is -0.455 e. The summed E-state index contributed by atoms with van der Waals surface area (Å²) in [6.07, 6.45) is 0. The minimum atomic E-state index is -3.81. The number of rotatable bonds is 4. The highest BCUT2D eigenvalue weighted by Gasteiger charge is 2.34. The van der Waals surface area contributed by atoms with Crippen LogP contribution in [-0.4, -0.2) is 18.8 Å². The molecule has 0 atom stereocenters. The Morgan fingerprint density at radius 1 is 0.512 bits per heavy atom. The van der Waals surface area contributed by atoms with Gasteiger partial charge in [0.05, 0.1) is 26.5 Å². The van der Waals surface area contributed by atoms with E-state index in [1.807, 2.05) is 72.8 Å². The first-order chi connectivity index (χ1) is 21.0. The third-order valence-electron chi connectivity index (χ3n) is 8.04. The highest BCUT2D eigenvalue weighted by atomic mass is 32.2. The lowest BCUT2D eigenvalue weighted by Gasteiger charge is -2.20. The molecule has 1 aromatic heterocycles. The van der Waals surface area contributed by atoms with Crippen molar-refractivity contribution < 1.29 is 17.9 Å². The summed E-state index contributed by atoms with van der Waals surface area (Å²) < 4.78 is 35.6. The zero-order valence-electron chi connectivity index (χ0n) is 22.8. The van der Waals surface area contributed by atoms with Crippen LogP contribution in [0.2, 0.25) is 0 Å². The second-order valence-corrected chi connectivity index (χ2v) is 12.4. The SMILES string of the molecule is O=C1c2ccccc2S(=O)(=O)c2ccc(-c3ccccc3Oc3ccccc3-n3c4ccccc4c4ccccc43)cc21. The summed E-state index contributed by atoms with van der Waals surface area (Å²) in [5, 5.41) is 2.31. The average molecular weight is 578 g/mol. The number of nitrogens with zero attached hydrogens (tertiary/aromatic N) is 1. The van der Waals surface area contributed by atoms with Gasteiger partial charge in [0.25, 0.3) is 0 Å². The van der Waals surface area contributed by atoms with Crippen molar-refractivity contribution >= 4 is 37.4 Å². The number of hydrogen-bond acceptors (Lipinski definition) is 4. The van der Waals surface area contributed by atoms with Crippen LogP contribution < -0.4 is 4.74 Å². The second kappa shape index (κ2) is 9.54. The number of carbonyl (C=O) groups excluding carboxylic acids is 1. The van der Waals surface area contributed by atoms with E-state index in [4.69, 9.17) is 4.74 Å². The summed E-state index contributed by atoms with van der Waals surface area (Å²) in [5.74, 6) is 0.937. The molecule has 8 rings (SSSR count). The number of benzene rings is 6. The molecule has 6 heteroatoms. The van der Waals surface area contributed by atoms with Crippen molar-refractivity contribution in [3.63, 3.8) is 0 Å². The molecule has 206 valence electrons. The zero-order chi connectivity index (χ0) is 29.1. The monoisotopic (exact) mass is 577 g/mol. The van der Waals surface area contributed by atoms with E-state index in [1.165, 1.54) is 12.1 Å². The average Bonchev–Trinajstić information content (AvgIpc) is 3.38. The molecule has 0 amide bonds. The van der Waals surface area contributed by atoms with E-state index < -0.39 is 9.84 Å². The van der Waals surface area contributed by atoms with Crippen molar-refractivity contribution in [1.29, 1.82) is 0 Å². The van der Waals surface area contributed by atoms with Gasteiger partial charge in [0, 0.05) is 27.5 Å². The molecule has 1 aliphatic rings. The molecule has 0 unspecified atom stereocenters. The van der Waals surface area contributed by atoms with Crippen molar-refractivity contribution in [3.8, 4) is 28.3 Å². The van der Waals surface area contributed by atoms with Crippen molar-refractivity contribution in [3.05, 3.63) is 151 Å². The first-order valence-electron chi connectivity index (χ1n) is 13.9. The molecule has 0 radical (unpaired) electrons. The van der Waals surface area contributed by atoms with E-state index in [-0.39, 0.29) is 26.7 Å². The quantitative estimate of drug-likeness (QED) is 0.210. The summed E-state index contributed by atoms with van der Waals surface area (Å²) in [6.45, 7) is 0. The third-order valence-corrected chi connectivity index (χ3v) is 9.91. The van der Waals surface area contributed by atoms with Crippen LogP contribution in [0.25, 0.3) is 38.6 Å². The van der Waals surface area contributed by atoms with Gasteiger partial charge in [-0.05, 0) is 60.2 Å². The molecular weight excluding hydrogens is 554 g/mol. The van der Waals surface area contributed by atoms with Crippen molar-refractivity contribution in [2.75, 3.05) is 0 Å².